The molecule has 7 nitrogen and oxygen atoms in total. The Morgan fingerprint density at radius 1 is 1.13 bits per heavy atom. The number of nitrogens with one attached hydrogen (secondary N) is 2. The van der Waals surface area contributed by atoms with Crippen molar-refractivity contribution in [3.8, 4) is 0 Å². The molecule has 4 rings (SSSR count). The number of hydrogen-bond donors (Lipinski definition) is 2. The first-order valence-electron chi connectivity index (χ1n) is 9.62. The summed E-state index contributed by atoms with van der Waals surface area (Å²) >= 11 is 1.25. The van der Waals surface area contributed by atoms with Crippen LogP contribution in [0.2, 0.25) is 0 Å². The molecular weight excluding hydrogens is 398 g/mol. The Balaban J connectivity index is 1.45. The van der Waals surface area contributed by atoms with Gasteiger partial charge in [0.2, 0.25) is 5.91 Å². The lowest BCUT2D eigenvalue weighted by Gasteiger charge is -2.13. The van der Waals surface area contributed by atoms with Gasteiger partial charge in [-0.25, -0.2) is 9.89 Å². The summed E-state index contributed by atoms with van der Waals surface area (Å²) in [6, 6.07) is 19.3. The lowest BCUT2D eigenvalue weighted by Crippen LogP contribution is -2.24. The quantitative estimate of drug-likeness (QED) is 0.448. The highest BCUT2D eigenvalue weighted by molar-refractivity contribution is 8.00. The number of carbonyl (C=O) groups excluding carboxylic acids is 1. The molecule has 0 saturated heterocycles. The zero-order chi connectivity index (χ0) is 20.9. The molecule has 8 heteroatoms. The second-order valence-corrected chi connectivity index (χ2v) is 8.13. The molecule has 2 N–H and O–H groups in total. The third-order valence-electron chi connectivity index (χ3n) is 4.75. The Morgan fingerprint density at radius 3 is 2.80 bits per heavy atom. The van der Waals surface area contributed by atoms with Crippen LogP contribution in [-0.4, -0.2) is 30.9 Å². The number of amides is 1. The number of carbonyl (C=O) groups is 1. The second kappa shape index (κ2) is 8.96. The Labute approximate surface area is 177 Å². The summed E-state index contributed by atoms with van der Waals surface area (Å²) in [5.41, 5.74) is 2.39. The van der Waals surface area contributed by atoms with E-state index in [0.717, 1.165) is 16.5 Å². The standard InChI is InChI=1S/C22H21N5O2S/c1-15(20(28)24-19-11-5-10-18-17(19)9-6-13-23-18)30-22-26-25-21(29)27(22)14-12-16-7-3-2-4-8-16/h2-11,13,15H,12,14H2,1H3,(H,24,28)(H,25,29). The molecule has 2 aromatic carbocycles. The SMILES string of the molecule is CC(Sc1n[nH]c(=O)n1CCc1ccccc1)C(=O)Nc1cccc2ncccc12. The largest absolute Gasteiger partial charge is 0.343 e. The maximum Gasteiger partial charge on any atom is 0.343 e. The molecular formula is C22H21N5O2S. The molecule has 1 amide bonds. The predicted octanol–water partition coefficient (Wildman–Crippen LogP) is 3.48. The average molecular weight is 420 g/mol. The number of thioether (sulfide) groups is 1. The third kappa shape index (κ3) is 4.44. The molecule has 2 aromatic heterocycles. The van der Waals surface area contributed by atoms with Gasteiger partial charge in [-0.2, -0.15) is 0 Å². The molecule has 0 fully saturated rings. The summed E-state index contributed by atoms with van der Waals surface area (Å²) in [4.78, 5) is 29.3. The Hall–Kier alpha value is -3.39. The Morgan fingerprint density at radius 2 is 1.97 bits per heavy atom. The fourth-order valence-corrected chi connectivity index (χ4v) is 4.02. The summed E-state index contributed by atoms with van der Waals surface area (Å²) in [6.45, 7) is 2.29. The molecule has 1 atom stereocenters. The lowest BCUT2D eigenvalue weighted by molar-refractivity contribution is -0.115. The lowest BCUT2D eigenvalue weighted by atomic mass is 10.1. The normalized spacial score (nSPS) is 12.0. The van der Waals surface area contributed by atoms with Crippen LogP contribution in [0.4, 0.5) is 5.69 Å². The van der Waals surface area contributed by atoms with E-state index in [0.29, 0.717) is 23.8 Å². The van der Waals surface area contributed by atoms with Crippen molar-refractivity contribution in [3.63, 3.8) is 0 Å². The van der Waals surface area contributed by atoms with Crippen LogP contribution in [0.3, 0.4) is 0 Å². The third-order valence-corrected chi connectivity index (χ3v) is 5.84. The van der Waals surface area contributed by atoms with Crippen LogP contribution in [0.15, 0.2) is 76.8 Å². The number of pyridine rings is 1. The molecule has 0 bridgehead atoms. The van der Waals surface area contributed by atoms with E-state index in [9.17, 15) is 9.59 Å². The molecule has 0 aliphatic heterocycles. The molecule has 4 aromatic rings. The number of benzene rings is 2. The maximum atomic E-state index is 12.8. The highest BCUT2D eigenvalue weighted by Crippen LogP contribution is 2.25. The second-order valence-electron chi connectivity index (χ2n) is 6.82. The summed E-state index contributed by atoms with van der Waals surface area (Å²) in [5.74, 6) is -0.165. The highest BCUT2D eigenvalue weighted by Gasteiger charge is 2.20. The van der Waals surface area contributed by atoms with Gasteiger partial charge in [0, 0.05) is 18.1 Å². The van der Waals surface area contributed by atoms with Crippen molar-refractivity contribution in [2.75, 3.05) is 5.32 Å². The first-order valence-corrected chi connectivity index (χ1v) is 10.5. The molecule has 1 unspecified atom stereocenters. The smallest absolute Gasteiger partial charge is 0.324 e. The molecule has 0 aliphatic carbocycles. The van der Waals surface area contributed by atoms with Crippen LogP contribution in [0.25, 0.3) is 10.9 Å². The number of nitrogens with zero attached hydrogens (tertiary/aromatic N) is 3. The van der Waals surface area contributed by atoms with Gasteiger partial charge >= 0.3 is 5.69 Å². The molecule has 0 saturated carbocycles. The predicted molar refractivity (Wildman–Crippen MR) is 119 cm³/mol. The van der Waals surface area contributed by atoms with Crippen molar-refractivity contribution in [1.82, 2.24) is 19.7 Å². The zero-order valence-corrected chi connectivity index (χ0v) is 17.2. The number of H-pyrrole nitrogens is 1. The number of fused-ring (bicyclic) bond motifs is 1. The minimum atomic E-state index is -0.442. The monoisotopic (exact) mass is 419 g/mol. The Kier molecular flexibility index (Phi) is 5.94. The molecule has 2 heterocycles. The van der Waals surface area contributed by atoms with E-state index in [-0.39, 0.29) is 11.6 Å². The van der Waals surface area contributed by atoms with Crippen LogP contribution < -0.4 is 11.0 Å². The van der Waals surface area contributed by atoms with Crippen molar-refractivity contribution < 1.29 is 4.79 Å². The summed E-state index contributed by atoms with van der Waals surface area (Å²) in [5, 5.41) is 10.5. The zero-order valence-electron chi connectivity index (χ0n) is 16.4. The van der Waals surface area contributed by atoms with Gasteiger partial charge in [0.25, 0.3) is 0 Å². The molecule has 30 heavy (non-hydrogen) atoms. The summed E-state index contributed by atoms with van der Waals surface area (Å²) in [7, 11) is 0. The van der Waals surface area contributed by atoms with E-state index < -0.39 is 5.25 Å². The van der Waals surface area contributed by atoms with E-state index in [1.807, 2.05) is 60.7 Å². The molecule has 0 aliphatic rings. The fraction of sp³-hybridized carbons (Fsp3) is 0.182. The number of anilines is 1. The van der Waals surface area contributed by atoms with Gasteiger partial charge in [-0.15, -0.1) is 5.10 Å². The Bertz CT molecular complexity index is 1210. The topological polar surface area (TPSA) is 92.7 Å². The average Bonchev–Trinajstić information content (AvgIpc) is 3.12. The van der Waals surface area contributed by atoms with Gasteiger partial charge in [-0.3, -0.25) is 14.3 Å². The van der Waals surface area contributed by atoms with E-state index in [4.69, 9.17) is 0 Å². The first-order chi connectivity index (χ1) is 14.6. The van der Waals surface area contributed by atoms with Gasteiger partial charge in [0.05, 0.1) is 16.5 Å². The van der Waals surface area contributed by atoms with Crippen LogP contribution in [0, 0.1) is 0 Å². The first kappa shape index (κ1) is 19.9. The van der Waals surface area contributed by atoms with E-state index in [2.05, 4.69) is 20.5 Å². The van der Waals surface area contributed by atoms with Gasteiger partial charge < -0.3 is 5.32 Å². The minimum Gasteiger partial charge on any atom is -0.324 e. The van der Waals surface area contributed by atoms with Crippen molar-refractivity contribution in [1.29, 1.82) is 0 Å². The fourth-order valence-electron chi connectivity index (χ4n) is 3.13. The van der Waals surface area contributed by atoms with Crippen LogP contribution in [-0.2, 0) is 17.8 Å². The van der Waals surface area contributed by atoms with E-state index in [1.165, 1.54) is 11.8 Å². The minimum absolute atomic E-state index is 0.165. The van der Waals surface area contributed by atoms with Gasteiger partial charge in [0.15, 0.2) is 5.16 Å². The van der Waals surface area contributed by atoms with Crippen LogP contribution in [0.1, 0.15) is 12.5 Å². The van der Waals surface area contributed by atoms with Crippen LogP contribution in [0.5, 0.6) is 0 Å². The number of rotatable bonds is 7. The summed E-state index contributed by atoms with van der Waals surface area (Å²) in [6.07, 6.45) is 2.43. The van der Waals surface area contributed by atoms with Crippen molar-refractivity contribution in [2.24, 2.45) is 0 Å². The van der Waals surface area contributed by atoms with Crippen molar-refractivity contribution >= 4 is 34.3 Å². The molecule has 0 spiro atoms. The number of aromatic nitrogens is 4. The molecule has 0 radical (unpaired) electrons. The number of aromatic amines is 1. The van der Waals surface area contributed by atoms with Gasteiger partial charge in [0.1, 0.15) is 0 Å². The number of aryl methyl sites for hydroxylation is 1. The van der Waals surface area contributed by atoms with Crippen molar-refractivity contribution in [2.45, 2.75) is 30.3 Å². The number of hydrogen-bond acceptors (Lipinski definition) is 5. The maximum absolute atomic E-state index is 12.8. The van der Waals surface area contributed by atoms with Gasteiger partial charge in [-0.05, 0) is 43.2 Å². The van der Waals surface area contributed by atoms with Crippen LogP contribution >= 0.6 is 11.8 Å². The highest BCUT2D eigenvalue weighted by atomic mass is 32.2. The summed E-state index contributed by atoms with van der Waals surface area (Å²) < 4.78 is 1.57. The van der Waals surface area contributed by atoms with Gasteiger partial charge in [-0.1, -0.05) is 48.2 Å². The van der Waals surface area contributed by atoms with Crippen molar-refractivity contribution in [3.05, 3.63) is 82.9 Å². The van der Waals surface area contributed by atoms with E-state index in [1.54, 1.807) is 17.7 Å². The van der Waals surface area contributed by atoms with E-state index >= 15 is 0 Å². The molecule has 152 valence electrons.